The third-order valence-electron chi connectivity index (χ3n) is 4.14. The summed E-state index contributed by atoms with van der Waals surface area (Å²) >= 11 is 0. The molecule has 118 valence electrons. The lowest BCUT2D eigenvalue weighted by atomic mass is 9.99. The Hall–Kier alpha value is -1.46. The van der Waals surface area contributed by atoms with Crippen molar-refractivity contribution in [3.63, 3.8) is 0 Å². The first-order valence-electron chi connectivity index (χ1n) is 7.49. The van der Waals surface area contributed by atoms with Gasteiger partial charge in [-0.2, -0.15) is 0 Å². The number of likely N-dealkylation sites (tertiary alicyclic amines) is 1. The van der Waals surface area contributed by atoms with E-state index in [4.69, 9.17) is 19.9 Å². The predicted molar refractivity (Wildman–Crippen MR) is 83.3 cm³/mol. The molecule has 1 atom stereocenters. The molecule has 2 N–H and O–H groups in total. The first kappa shape index (κ1) is 15.9. The van der Waals surface area contributed by atoms with Crippen molar-refractivity contribution in [3.05, 3.63) is 17.7 Å². The summed E-state index contributed by atoms with van der Waals surface area (Å²) in [5.74, 6) is 2.27. The average Bonchev–Trinajstić information content (AvgIpc) is 2.56. The fourth-order valence-electron chi connectivity index (χ4n) is 3.04. The number of piperidine rings is 1. The number of hydrogen-bond acceptors (Lipinski definition) is 5. The van der Waals surface area contributed by atoms with Crippen molar-refractivity contribution in [2.45, 2.75) is 25.3 Å². The average molecular weight is 294 g/mol. The Bertz CT molecular complexity index is 434. The summed E-state index contributed by atoms with van der Waals surface area (Å²) in [4.78, 5) is 2.43. The molecule has 0 saturated carbocycles. The molecule has 0 spiro atoms. The van der Waals surface area contributed by atoms with Crippen LogP contribution in [0.1, 0.15) is 30.9 Å². The molecular formula is C16H26N2O3. The zero-order chi connectivity index (χ0) is 15.2. The number of methoxy groups -OCH3 is 3. The van der Waals surface area contributed by atoms with E-state index in [9.17, 15) is 0 Å². The topological polar surface area (TPSA) is 57.0 Å². The van der Waals surface area contributed by atoms with Crippen molar-refractivity contribution >= 4 is 0 Å². The molecule has 21 heavy (non-hydrogen) atoms. The summed E-state index contributed by atoms with van der Waals surface area (Å²) < 4.78 is 16.4. The third kappa shape index (κ3) is 3.41. The molecule has 2 rings (SSSR count). The van der Waals surface area contributed by atoms with E-state index in [-0.39, 0.29) is 6.04 Å². The maximum atomic E-state index is 6.07. The Morgan fingerprint density at radius 2 is 1.57 bits per heavy atom. The molecule has 0 amide bonds. The van der Waals surface area contributed by atoms with Gasteiger partial charge in [0.05, 0.1) is 32.9 Å². The molecule has 1 aromatic carbocycles. The molecule has 0 aromatic heterocycles. The van der Waals surface area contributed by atoms with Crippen molar-refractivity contribution in [1.82, 2.24) is 4.90 Å². The molecule has 5 nitrogen and oxygen atoms in total. The zero-order valence-electron chi connectivity index (χ0n) is 13.2. The van der Waals surface area contributed by atoms with Crippen molar-refractivity contribution in [3.8, 4) is 17.2 Å². The minimum absolute atomic E-state index is 0.112. The lowest BCUT2D eigenvalue weighted by Crippen LogP contribution is -2.37. The van der Waals surface area contributed by atoms with E-state index in [2.05, 4.69) is 4.90 Å². The van der Waals surface area contributed by atoms with Crippen LogP contribution in [0.3, 0.4) is 0 Å². The Morgan fingerprint density at radius 3 is 2.00 bits per heavy atom. The summed E-state index contributed by atoms with van der Waals surface area (Å²) in [6, 6.07) is 3.90. The minimum Gasteiger partial charge on any atom is -0.496 e. The Morgan fingerprint density at radius 1 is 1.00 bits per heavy atom. The number of nitrogens with zero attached hydrogens (tertiary/aromatic N) is 1. The van der Waals surface area contributed by atoms with Gasteiger partial charge in [0.1, 0.15) is 17.2 Å². The standard InChI is InChI=1S/C16H26N2O3/c1-19-12-9-14(20-2)16(15(10-12)21-3)13(11-17)18-7-5-4-6-8-18/h9-10,13H,4-8,11,17H2,1-3H3. The summed E-state index contributed by atoms with van der Waals surface area (Å²) in [5, 5.41) is 0. The maximum Gasteiger partial charge on any atom is 0.131 e. The quantitative estimate of drug-likeness (QED) is 0.871. The molecule has 0 aliphatic carbocycles. The van der Waals surface area contributed by atoms with E-state index in [1.165, 1.54) is 19.3 Å². The summed E-state index contributed by atoms with van der Waals surface area (Å²) in [7, 11) is 4.97. The van der Waals surface area contributed by atoms with Gasteiger partial charge >= 0.3 is 0 Å². The van der Waals surface area contributed by atoms with Gasteiger partial charge in [-0.15, -0.1) is 0 Å². The van der Waals surface area contributed by atoms with Crippen LogP contribution in [0.15, 0.2) is 12.1 Å². The van der Waals surface area contributed by atoms with E-state index in [0.717, 1.165) is 35.9 Å². The van der Waals surface area contributed by atoms with Crippen LogP contribution in [-0.4, -0.2) is 45.9 Å². The highest BCUT2D eigenvalue weighted by atomic mass is 16.5. The summed E-state index contributed by atoms with van der Waals surface area (Å²) in [6.45, 7) is 2.68. The minimum atomic E-state index is 0.112. The monoisotopic (exact) mass is 294 g/mol. The van der Waals surface area contributed by atoms with Gasteiger partial charge in [-0.3, -0.25) is 4.90 Å². The lowest BCUT2D eigenvalue weighted by molar-refractivity contribution is 0.162. The SMILES string of the molecule is COc1cc(OC)c(C(CN)N2CCCCC2)c(OC)c1. The molecular weight excluding hydrogens is 268 g/mol. The van der Waals surface area contributed by atoms with E-state index in [1.807, 2.05) is 12.1 Å². The van der Waals surface area contributed by atoms with E-state index >= 15 is 0 Å². The van der Waals surface area contributed by atoms with Gasteiger partial charge in [-0.05, 0) is 25.9 Å². The van der Waals surface area contributed by atoms with Crippen LogP contribution in [0.5, 0.6) is 17.2 Å². The third-order valence-corrected chi connectivity index (χ3v) is 4.14. The first-order valence-corrected chi connectivity index (χ1v) is 7.49. The highest BCUT2D eigenvalue weighted by molar-refractivity contribution is 5.52. The molecule has 1 saturated heterocycles. The van der Waals surface area contributed by atoms with Crippen LogP contribution >= 0.6 is 0 Å². The molecule has 1 heterocycles. The Kier molecular flexibility index (Phi) is 5.70. The van der Waals surface area contributed by atoms with E-state index in [0.29, 0.717) is 6.54 Å². The molecule has 1 aliphatic rings. The van der Waals surface area contributed by atoms with Crippen LogP contribution in [-0.2, 0) is 0 Å². The summed E-state index contributed by atoms with van der Waals surface area (Å²) in [5.41, 5.74) is 7.09. The number of ether oxygens (including phenoxy) is 3. The maximum absolute atomic E-state index is 6.07. The van der Waals surface area contributed by atoms with Crippen LogP contribution in [0, 0.1) is 0 Å². The lowest BCUT2D eigenvalue weighted by Gasteiger charge is -2.35. The fraction of sp³-hybridized carbons (Fsp3) is 0.625. The molecule has 0 radical (unpaired) electrons. The smallest absolute Gasteiger partial charge is 0.131 e. The van der Waals surface area contributed by atoms with Crippen molar-refractivity contribution in [2.24, 2.45) is 5.73 Å². The second-order valence-corrected chi connectivity index (χ2v) is 5.29. The summed E-state index contributed by atoms with van der Waals surface area (Å²) in [6.07, 6.45) is 3.74. The van der Waals surface area contributed by atoms with Gasteiger partial charge in [-0.25, -0.2) is 0 Å². The molecule has 1 aliphatic heterocycles. The number of benzene rings is 1. The first-order chi connectivity index (χ1) is 10.2. The van der Waals surface area contributed by atoms with Gasteiger partial charge < -0.3 is 19.9 Å². The van der Waals surface area contributed by atoms with Gasteiger partial charge in [0.15, 0.2) is 0 Å². The van der Waals surface area contributed by atoms with E-state index in [1.54, 1.807) is 21.3 Å². The second kappa shape index (κ2) is 7.52. The molecule has 5 heteroatoms. The van der Waals surface area contributed by atoms with Crippen LogP contribution in [0.2, 0.25) is 0 Å². The van der Waals surface area contributed by atoms with Gasteiger partial charge in [-0.1, -0.05) is 6.42 Å². The van der Waals surface area contributed by atoms with Crippen LogP contribution in [0.4, 0.5) is 0 Å². The van der Waals surface area contributed by atoms with Crippen molar-refractivity contribution in [2.75, 3.05) is 41.0 Å². The van der Waals surface area contributed by atoms with Gasteiger partial charge in [0.2, 0.25) is 0 Å². The Balaban J connectivity index is 2.42. The fourth-order valence-corrected chi connectivity index (χ4v) is 3.04. The second-order valence-electron chi connectivity index (χ2n) is 5.29. The molecule has 1 aromatic rings. The van der Waals surface area contributed by atoms with Crippen LogP contribution in [0.25, 0.3) is 0 Å². The zero-order valence-corrected chi connectivity index (χ0v) is 13.2. The molecule has 0 bridgehead atoms. The van der Waals surface area contributed by atoms with Crippen LogP contribution < -0.4 is 19.9 Å². The Labute approximate surface area is 127 Å². The molecule has 1 fully saturated rings. The number of rotatable bonds is 6. The highest BCUT2D eigenvalue weighted by Crippen LogP contribution is 2.40. The molecule has 1 unspecified atom stereocenters. The predicted octanol–water partition coefficient (Wildman–Crippen LogP) is 2.20. The van der Waals surface area contributed by atoms with Gasteiger partial charge in [0.25, 0.3) is 0 Å². The number of nitrogens with two attached hydrogens (primary N) is 1. The van der Waals surface area contributed by atoms with Gasteiger partial charge in [0, 0.05) is 18.7 Å². The van der Waals surface area contributed by atoms with Crippen molar-refractivity contribution in [1.29, 1.82) is 0 Å². The largest absolute Gasteiger partial charge is 0.496 e. The highest BCUT2D eigenvalue weighted by Gasteiger charge is 2.27. The van der Waals surface area contributed by atoms with E-state index < -0.39 is 0 Å². The van der Waals surface area contributed by atoms with Crippen molar-refractivity contribution < 1.29 is 14.2 Å². The number of hydrogen-bond donors (Lipinski definition) is 1. The normalized spacial score (nSPS) is 17.3.